The Labute approximate surface area is 117 Å². The maximum Gasteiger partial charge on any atom is 0.240 e. The van der Waals surface area contributed by atoms with Gasteiger partial charge in [-0.1, -0.05) is 24.4 Å². The molecular formula is C11H15N3O3S2. The van der Waals surface area contributed by atoms with Gasteiger partial charge in [0.2, 0.25) is 15.9 Å². The van der Waals surface area contributed by atoms with E-state index in [0.29, 0.717) is 12.0 Å². The molecule has 6 nitrogen and oxygen atoms in total. The van der Waals surface area contributed by atoms with Gasteiger partial charge in [-0.25, -0.2) is 13.1 Å². The first kappa shape index (κ1) is 15.5. The zero-order valence-corrected chi connectivity index (χ0v) is 11.8. The van der Waals surface area contributed by atoms with E-state index in [1.165, 1.54) is 12.1 Å². The van der Waals surface area contributed by atoms with Crippen LogP contribution in [0, 0.1) is 0 Å². The fraction of sp³-hybridized carbons (Fsp3) is 0.273. The zero-order chi connectivity index (χ0) is 14.5. The van der Waals surface area contributed by atoms with Crippen LogP contribution in [0.5, 0.6) is 0 Å². The number of hydrogen-bond acceptors (Lipinski definition) is 4. The lowest BCUT2D eigenvalue weighted by molar-refractivity contribution is -0.118. The smallest absolute Gasteiger partial charge is 0.240 e. The summed E-state index contributed by atoms with van der Waals surface area (Å²) in [7, 11) is -3.63. The van der Waals surface area contributed by atoms with Gasteiger partial charge in [-0.2, -0.15) is 0 Å². The Morgan fingerprint density at radius 2 is 2.00 bits per heavy atom. The molecule has 0 saturated heterocycles. The standard InChI is InChI=1S/C11H15N3O3S2/c12-10(15)5-2-6-14-19(16,17)9-4-1-3-8(7-9)11(13)18/h1,3-4,7,14H,2,5-6H2,(H2,12,15)(H2,13,18). The Hall–Kier alpha value is -1.51. The molecule has 0 atom stereocenters. The van der Waals surface area contributed by atoms with Crippen LogP contribution in [0.25, 0.3) is 0 Å². The average molecular weight is 301 g/mol. The predicted molar refractivity (Wildman–Crippen MR) is 75.9 cm³/mol. The van der Waals surface area contributed by atoms with Gasteiger partial charge in [0.1, 0.15) is 4.99 Å². The Morgan fingerprint density at radius 1 is 1.32 bits per heavy atom. The van der Waals surface area contributed by atoms with Gasteiger partial charge < -0.3 is 11.5 Å². The molecule has 5 N–H and O–H groups in total. The van der Waals surface area contributed by atoms with Crippen molar-refractivity contribution >= 4 is 33.1 Å². The van der Waals surface area contributed by atoms with Crippen molar-refractivity contribution in [3.05, 3.63) is 29.8 Å². The molecule has 0 aliphatic rings. The highest BCUT2D eigenvalue weighted by atomic mass is 32.2. The van der Waals surface area contributed by atoms with Gasteiger partial charge >= 0.3 is 0 Å². The van der Waals surface area contributed by atoms with Gasteiger partial charge in [0.05, 0.1) is 4.90 Å². The third-order valence-corrected chi connectivity index (χ3v) is 4.02. The topological polar surface area (TPSA) is 115 Å². The van der Waals surface area contributed by atoms with Crippen LogP contribution in [-0.2, 0) is 14.8 Å². The maximum absolute atomic E-state index is 11.9. The molecule has 0 aromatic heterocycles. The molecule has 0 aliphatic carbocycles. The molecule has 104 valence electrons. The van der Waals surface area contributed by atoms with Gasteiger partial charge in [0.15, 0.2) is 0 Å². The van der Waals surface area contributed by atoms with Crippen molar-refractivity contribution < 1.29 is 13.2 Å². The maximum atomic E-state index is 11.9. The Bertz CT molecular complexity index is 585. The molecule has 0 spiro atoms. The summed E-state index contributed by atoms with van der Waals surface area (Å²) >= 11 is 4.79. The first-order valence-corrected chi connectivity index (χ1v) is 7.40. The Kier molecular flexibility index (Phi) is 5.40. The number of nitrogens with one attached hydrogen (secondary N) is 1. The Balaban J connectivity index is 2.74. The molecule has 0 aliphatic heterocycles. The molecule has 0 heterocycles. The largest absolute Gasteiger partial charge is 0.389 e. The van der Waals surface area contributed by atoms with Crippen LogP contribution in [0.4, 0.5) is 0 Å². The van der Waals surface area contributed by atoms with Crippen LogP contribution in [0.3, 0.4) is 0 Å². The van der Waals surface area contributed by atoms with E-state index in [1.807, 2.05) is 0 Å². The molecule has 0 radical (unpaired) electrons. The summed E-state index contributed by atoms with van der Waals surface area (Å²) in [6.07, 6.45) is 0.485. The minimum Gasteiger partial charge on any atom is -0.389 e. The number of rotatable bonds is 7. The average Bonchev–Trinajstić information content (AvgIpc) is 2.34. The van der Waals surface area contributed by atoms with Crippen molar-refractivity contribution in [2.45, 2.75) is 17.7 Å². The van der Waals surface area contributed by atoms with E-state index in [-0.39, 0.29) is 22.8 Å². The van der Waals surface area contributed by atoms with E-state index in [1.54, 1.807) is 12.1 Å². The van der Waals surface area contributed by atoms with E-state index in [2.05, 4.69) is 4.72 Å². The van der Waals surface area contributed by atoms with Crippen LogP contribution in [-0.4, -0.2) is 25.9 Å². The molecule has 19 heavy (non-hydrogen) atoms. The summed E-state index contributed by atoms with van der Waals surface area (Å²) in [5.41, 5.74) is 10.9. The minimum atomic E-state index is -3.63. The van der Waals surface area contributed by atoms with Crippen LogP contribution < -0.4 is 16.2 Å². The summed E-state index contributed by atoms with van der Waals surface area (Å²) in [6, 6.07) is 6.04. The Morgan fingerprint density at radius 3 is 2.58 bits per heavy atom. The lowest BCUT2D eigenvalue weighted by atomic mass is 10.2. The van der Waals surface area contributed by atoms with E-state index in [0.717, 1.165) is 0 Å². The number of nitrogens with two attached hydrogens (primary N) is 2. The molecule has 0 saturated carbocycles. The number of sulfonamides is 1. The summed E-state index contributed by atoms with van der Waals surface area (Å²) in [5.74, 6) is -0.463. The third-order valence-electron chi connectivity index (χ3n) is 2.32. The molecule has 1 rings (SSSR count). The summed E-state index contributed by atoms with van der Waals surface area (Å²) in [5, 5.41) is 0. The van der Waals surface area contributed by atoms with Crippen LogP contribution >= 0.6 is 12.2 Å². The highest BCUT2D eigenvalue weighted by Crippen LogP contribution is 2.11. The van der Waals surface area contributed by atoms with Crippen molar-refractivity contribution in [1.29, 1.82) is 0 Å². The predicted octanol–water partition coefficient (Wildman–Crippen LogP) is -0.135. The highest BCUT2D eigenvalue weighted by molar-refractivity contribution is 7.89. The summed E-state index contributed by atoms with van der Waals surface area (Å²) in [6.45, 7) is 0.141. The number of primary amides is 1. The van der Waals surface area contributed by atoms with Gasteiger partial charge in [0.25, 0.3) is 0 Å². The van der Waals surface area contributed by atoms with Crippen LogP contribution in [0.1, 0.15) is 18.4 Å². The second-order valence-electron chi connectivity index (χ2n) is 3.86. The molecule has 1 aromatic rings. The number of benzene rings is 1. The molecule has 0 bridgehead atoms. The number of amides is 1. The lowest BCUT2D eigenvalue weighted by Gasteiger charge is -2.07. The van der Waals surface area contributed by atoms with Crippen molar-refractivity contribution in [2.75, 3.05) is 6.54 Å². The van der Waals surface area contributed by atoms with Gasteiger partial charge in [-0.15, -0.1) is 0 Å². The lowest BCUT2D eigenvalue weighted by Crippen LogP contribution is -2.26. The minimum absolute atomic E-state index is 0.0804. The van der Waals surface area contributed by atoms with Crippen LogP contribution in [0.15, 0.2) is 29.2 Å². The second kappa shape index (κ2) is 6.60. The number of carbonyl (C=O) groups is 1. The molecule has 0 unspecified atom stereocenters. The third kappa shape index (κ3) is 4.93. The second-order valence-corrected chi connectivity index (χ2v) is 6.07. The normalized spacial score (nSPS) is 11.2. The summed E-state index contributed by atoms with van der Waals surface area (Å²) in [4.78, 5) is 10.7. The van der Waals surface area contributed by atoms with E-state index in [4.69, 9.17) is 23.7 Å². The number of thiocarbonyl (C=S) groups is 1. The van der Waals surface area contributed by atoms with E-state index in [9.17, 15) is 13.2 Å². The SMILES string of the molecule is NC(=O)CCCNS(=O)(=O)c1cccc(C(N)=S)c1. The fourth-order valence-corrected chi connectivity index (χ4v) is 2.62. The van der Waals surface area contributed by atoms with Gasteiger partial charge in [-0.3, -0.25) is 4.79 Å². The summed E-state index contributed by atoms with van der Waals surface area (Å²) < 4.78 is 26.3. The van der Waals surface area contributed by atoms with Crippen molar-refractivity contribution in [1.82, 2.24) is 4.72 Å². The fourth-order valence-electron chi connectivity index (χ4n) is 1.37. The van der Waals surface area contributed by atoms with Crippen molar-refractivity contribution in [3.63, 3.8) is 0 Å². The first-order valence-electron chi connectivity index (χ1n) is 5.51. The monoisotopic (exact) mass is 301 g/mol. The van der Waals surface area contributed by atoms with Crippen molar-refractivity contribution in [2.24, 2.45) is 11.5 Å². The molecule has 0 fully saturated rings. The van der Waals surface area contributed by atoms with Gasteiger partial charge in [-0.05, 0) is 18.6 Å². The number of hydrogen-bond donors (Lipinski definition) is 3. The molecule has 1 amide bonds. The van der Waals surface area contributed by atoms with Crippen molar-refractivity contribution in [3.8, 4) is 0 Å². The van der Waals surface area contributed by atoms with E-state index >= 15 is 0 Å². The zero-order valence-electron chi connectivity index (χ0n) is 10.1. The molecule has 8 heteroatoms. The highest BCUT2D eigenvalue weighted by Gasteiger charge is 2.14. The van der Waals surface area contributed by atoms with E-state index < -0.39 is 15.9 Å². The first-order chi connectivity index (χ1) is 8.83. The van der Waals surface area contributed by atoms with Gasteiger partial charge in [0, 0.05) is 18.5 Å². The molecular weight excluding hydrogens is 286 g/mol. The quantitative estimate of drug-likeness (QED) is 0.479. The van der Waals surface area contributed by atoms with Crippen LogP contribution in [0.2, 0.25) is 0 Å². The molecule has 1 aromatic carbocycles. The number of carbonyl (C=O) groups excluding carboxylic acids is 1.